The van der Waals surface area contributed by atoms with Gasteiger partial charge in [-0.25, -0.2) is 8.78 Å². The number of benzene rings is 4. The highest BCUT2D eigenvalue weighted by molar-refractivity contribution is 5.70. The van der Waals surface area contributed by atoms with Crippen LogP contribution in [0.1, 0.15) is 83.9 Å². The van der Waals surface area contributed by atoms with E-state index in [0.717, 1.165) is 35.1 Å². The van der Waals surface area contributed by atoms with Crippen LogP contribution in [0.3, 0.4) is 0 Å². The van der Waals surface area contributed by atoms with Crippen molar-refractivity contribution in [2.75, 3.05) is 0 Å². The molecule has 0 aliphatic heterocycles. The largest absolute Gasteiger partial charge is 0.207 e. The zero-order chi connectivity index (χ0) is 28.6. The Bertz CT molecular complexity index is 1420. The SMILES string of the molecule is Cc1cc(-c2ccc(F)cc2C)ccc1CCCCCCCCCc1c(C)cc(-c2ccc(F)cc2C)cc1C. The summed E-state index contributed by atoms with van der Waals surface area (Å²) < 4.78 is 27.0. The van der Waals surface area contributed by atoms with Crippen LogP contribution in [-0.4, -0.2) is 0 Å². The molecule has 0 fully saturated rings. The van der Waals surface area contributed by atoms with Gasteiger partial charge in [-0.2, -0.15) is 0 Å². The third-order valence-electron chi connectivity index (χ3n) is 8.41. The Kier molecular flexibility index (Phi) is 10.3. The molecule has 4 aromatic carbocycles. The normalized spacial score (nSPS) is 11.3. The fourth-order valence-electron chi connectivity index (χ4n) is 6.09. The number of halogens is 2. The summed E-state index contributed by atoms with van der Waals surface area (Å²) in [4.78, 5) is 0. The lowest BCUT2D eigenvalue weighted by molar-refractivity contribution is 0.578. The average molecular weight is 539 g/mol. The minimum atomic E-state index is -0.177. The number of hydrogen-bond donors (Lipinski definition) is 0. The molecule has 0 aromatic heterocycles. The molecule has 210 valence electrons. The number of unbranched alkanes of at least 4 members (excludes halogenated alkanes) is 6. The summed E-state index contributed by atoms with van der Waals surface area (Å²) in [5.74, 6) is -0.352. The summed E-state index contributed by atoms with van der Waals surface area (Å²) in [7, 11) is 0. The van der Waals surface area contributed by atoms with Crippen LogP contribution < -0.4 is 0 Å². The van der Waals surface area contributed by atoms with Gasteiger partial charge in [0.25, 0.3) is 0 Å². The molecule has 0 saturated carbocycles. The molecular formula is C38H44F2. The highest BCUT2D eigenvalue weighted by atomic mass is 19.1. The maximum atomic E-state index is 13.5. The monoisotopic (exact) mass is 538 g/mol. The van der Waals surface area contributed by atoms with Crippen LogP contribution in [0.2, 0.25) is 0 Å². The van der Waals surface area contributed by atoms with Crippen LogP contribution >= 0.6 is 0 Å². The Morgan fingerprint density at radius 2 is 0.900 bits per heavy atom. The topological polar surface area (TPSA) is 0 Å². The molecule has 0 amide bonds. The Balaban J connectivity index is 1.15. The zero-order valence-electron chi connectivity index (χ0n) is 25.0. The molecular weight excluding hydrogens is 494 g/mol. The fourth-order valence-corrected chi connectivity index (χ4v) is 6.09. The first kappa shape index (κ1) is 29.7. The molecule has 0 heterocycles. The molecule has 0 nitrogen and oxygen atoms in total. The van der Waals surface area contributed by atoms with E-state index < -0.39 is 0 Å². The summed E-state index contributed by atoms with van der Waals surface area (Å²) in [5, 5.41) is 0. The van der Waals surface area contributed by atoms with E-state index in [1.54, 1.807) is 24.3 Å². The first-order chi connectivity index (χ1) is 19.2. The molecule has 2 heteroatoms. The third kappa shape index (κ3) is 7.68. The lowest BCUT2D eigenvalue weighted by Gasteiger charge is -2.14. The van der Waals surface area contributed by atoms with Crippen molar-refractivity contribution in [2.45, 2.75) is 92.4 Å². The fraction of sp³-hybridized carbons (Fsp3) is 0.368. The molecule has 0 radical (unpaired) electrons. The van der Waals surface area contributed by atoms with Gasteiger partial charge in [-0.3, -0.25) is 0 Å². The highest BCUT2D eigenvalue weighted by Gasteiger charge is 2.10. The van der Waals surface area contributed by atoms with E-state index in [1.165, 1.54) is 83.9 Å². The van der Waals surface area contributed by atoms with E-state index in [0.29, 0.717) is 0 Å². The first-order valence-electron chi connectivity index (χ1n) is 15.0. The quantitative estimate of drug-likeness (QED) is 0.157. The molecule has 0 aliphatic carbocycles. The maximum Gasteiger partial charge on any atom is 0.123 e. The first-order valence-corrected chi connectivity index (χ1v) is 15.0. The van der Waals surface area contributed by atoms with Crippen LogP contribution in [0, 0.1) is 46.3 Å². The van der Waals surface area contributed by atoms with Crippen LogP contribution in [0.25, 0.3) is 22.3 Å². The molecule has 0 atom stereocenters. The number of aryl methyl sites for hydroxylation is 6. The van der Waals surface area contributed by atoms with E-state index >= 15 is 0 Å². The molecule has 40 heavy (non-hydrogen) atoms. The van der Waals surface area contributed by atoms with Crippen molar-refractivity contribution in [1.82, 2.24) is 0 Å². The predicted octanol–water partition coefficient (Wildman–Crippen LogP) is 11.4. The lowest BCUT2D eigenvalue weighted by atomic mass is 9.91. The summed E-state index contributed by atoms with van der Waals surface area (Å²) in [6, 6.07) is 21.3. The standard InChI is InChI=1S/C38H44F2/c1-26-21-32(37-19-17-34(39)24-29(37)4)16-15-31(26)13-11-9-7-6-8-10-12-14-36-27(2)22-33(23-28(36)3)38-20-18-35(40)25-30(38)5/h15-25H,6-14H2,1-5H3. The lowest BCUT2D eigenvalue weighted by Crippen LogP contribution is -1.97. The molecule has 0 spiro atoms. The smallest absolute Gasteiger partial charge is 0.123 e. The summed E-state index contributed by atoms with van der Waals surface area (Å²) in [6.45, 7) is 10.6. The summed E-state index contributed by atoms with van der Waals surface area (Å²) in [5.41, 5.74) is 13.5. The van der Waals surface area contributed by atoms with E-state index in [-0.39, 0.29) is 11.6 Å². The Morgan fingerprint density at radius 3 is 1.43 bits per heavy atom. The van der Waals surface area contributed by atoms with E-state index in [2.05, 4.69) is 51.1 Å². The van der Waals surface area contributed by atoms with Crippen LogP contribution in [0.4, 0.5) is 8.78 Å². The second-order valence-electron chi connectivity index (χ2n) is 11.6. The van der Waals surface area contributed by atoms with Gasteiger partial charge in [-0.05, 0) is 146 Å². The van der Waals surface area contributed by atoms with Crippen molar-refractivity contribution in [3.05, 3.63) is 117 Å². The van der Waals surface area contributed by atoms with Gasteiger partial charge >= 0.3 is 0 Å². The molecule has 0 unspecified atom stereocenters. The third-order valence-corrected chi connectivity index (χ3v) is 8.41. The van der Waals surface area contributed by atoms with Crippen molar-refractivity contribution < 1.29 is 8.78 Å². The van der Waals surface area contributed by atoms with Crippen LogP contribution in [0.15, 0.2) is 66.7 Å². The van der Waals surface area contributed by atoms with Crippen molar-refractivity contribution >= 4 is 0 Å². The number of rotatable bonds is 12. The van der Waals surface area contributed by atoms with Crippen molar-refractivity contribution in [1.29, 1.82) is 0 Å². The molecule has 0 aliphatic rings. The molecule has 0 bridgehead atoms. The van der Waals surface area contributed by atoms with Gasteiger partial charge in [0.05, 0.1) is 0 Å². The van der Waals surface area contributed by atoms with Crippen molar-refractivity contribution in [3.8, 4) is 22.3 Å². The van der Waals surface area contributed by atoms with Crippen molar-refractivity contribution in [3.63, 3.8) is 0 Å². The van der Waals surface area contributed by atoms with Gasteiger partial charge in [0.1, 0.15) is 11.6 Å². The van der Waals surface area contributed by atoms with Gasteiger partial charge in [-0.15, -0.1) is 0 Å². The summed E-state index contributed by atoms with van der Waals surface area (Å²) in [6.07, 6.45) is 11.2. The molecule has 0 saturated heterocycles. The van der Waals surface area contributed by atoms with E-state index in [9.17, 15) is 8.78 Å². The second-order valence-corrected chi connectivity index (χ2v) is 11.6. The average Bonchev–Trinajstić information content (AvgIpc) is 2.89. The van der Waals surface area contributed by atoms with E-state index in [4.69, 9.17) is 0 Å². The van der Waals surface area contributed by atoms with Gasteiger partial charge in [0, 0.05) is 0 Å². The highest BCUT2D eigenvalue weighted by Crippen LogP contribution is 2.30. The summed E-state index contributed by atoms with van der Waals surface area (Å²) >= 11 is 0. The van der Waals surface area contributed by atoms with Gasteiger partial charge < -0.3 is 0 Å². The maximum absolute atomic E-state index is 13.5. The van der Waals surface area contributed by atoms with Crippen LogP contribution in [-0.2, 0) is 12.8 Å². The second kappa shape index (κ2) is 13.9. The minimum absolute atomic E-state index is 0.175. The van der Waals surface area contributed by atoms with Crippen LogP contribution in [0.5, 0.6) is 0 Å². The molecule has 4 aromatic rings. The Morgan fingerprint density at radius 1 is 0.425 bits per heavy atom. The van der Waals surface area contributed by atoms with Crippen molar-refractivity contribution in [2.24, 2.45) is 0 Å². The Labute approximate surface area is 240 Å². The number of hydrogen-bond acceptors (Lipinski definition) is 0. The predicted molar refractivity (Wildman–Crippen MR) is 167 cm³/mol. The Hall–Kier alpha value is -3.26. The van der Waals surface area contributed by atoms with Gasteiger partial charge in [0.15, 0.2) is 0 Å². The van der Waals surface area contributed by atoms with E-state index in [1.807, 2.05) is 26.0 Å². The molecule has 0 N–H and O–H groups in total. The van der Waals surface area contributed by atoms with Gasteiger partial charge in [-0.1, -0.05) is 74.6 Å². The molecule has 4 rings (SSSR count). The van der Waals surface area contributed by atoms with Gasteiger partial charge in [0.2, 0.25) is 0 Å². The zero-order valence-corrected chi connectivity index (χ0v) is 25.0. The minimum Gasteiger partial charge on any atom is -0.207 e.